The van der Waals surface area contributed by atoms with Crippen LogP contribution in [0.2, 0.25) is 0 Å². The molecule has 0 spiro atoms. The monoisotopic (exact) mass is 283 g/mol. The Bertz CT molecular complexity index is 724. The average molecular weight is 283 g/mol. The Morgan fingerprint density at radius 2 is 2.05 bits per heavy atom. The highest BCUT2D eigenvalue weighted by atomic mass is 16.4. The summed E-state index contributed by atoms with van der Waals surface area (Å²) in [6.45, 7) is 1.49. The van der Waals surface area contributed by atoms with E-state index in [4.69, 9.17) is 5.26 Å². The number of carboxylic acid groups (broad SMARTS) is 2. The van der Waals surface area contributed by atoms with E-state index in [1.165, 1.54) is 19.1 Å². The molecule has 0 saturated heterocycles. The number of aliphatic carboxylic acids is 2. The van der Waals surface area contributed by atoms with Crippen molar-refractivity contribution in [1.29, 1.82) is 5.26 Å². The zero-order valence-corrected chi connectivity index (χ0v) is 11.3. The highest BCUT2D eigenvalue weighted by molar-refractivity contribution is 5.96. The fraction of sp³-hybridized carbons (Fsp3) is 0.188. The quantitative estimate of drug-likeness (QED) is 0.887. The minimum atomic E-state index is -1.28. The van der Waals surface area contributed by atoms with Gasteiger partial charge < -0.3 is 10.2 Å². The number of hydrogen-bond acceptors (Lipinski definition) is 3. The fourth-order valence-electron chi connectivity index (χ4n) is 2.28. The topological polar surface area (TPSA) is 98.4 Å². The molecule has 0 radical (unpaired) electrons. The number of rotatable bonds is 3. The Morgan fingerprint density at radius 3 is 2.62 bits per heavy atom. The van der Waals surface area contributed by atoms with E-state index in [1.54, 1.807) is 24.3 Å². The van der Waals surface area contributed by atoms with Crippen molar-refractivity contribution < 1.29 is 19.8 Å². The predicted molar refractivity (Wildman–Crippen MR) is 75.2 cm³/mol. The highest BCUT2D eigenvalue weighted by Crippen LogP contribution is 2.37. The van der Waals surface area contributed by atoms with E-state index >= 15 is 0 Å². The molecule has 0 bridgehead atoms. The molecule has 2 rings (SSSR count). The van der Waals surface area contributed by atoms with E-state index in [0.717, 1.165) is 0 Å². The molecule has 0 aromatic heterocycles. The molecule has 1 aromatic rings. The van der Waals surface area contributed by atoms with Crippen molar-refractivity contribution in [2.75, 3.05) is 0 Å². The van der Waals surface area contributed by atoms with E-state index < -0.39 is 17.4 Å². The van der Waals surface area contributed by atoms with E-state index in [9.17, 15) is 19.8 Å². The van der Waals surface area contributed by atoms with Gasteiger partial charge in [-0.05, 0) is 42.7 Å². The van der Waals surface area contributed by atoms with Crippen LogP contribution >= 0.6 is 0 Å². The van der Waals surface area contributed by atoms with Gasteiger partial charge in [0, 0.05) is 5.57 Å². The number of benzene rings is 1. The highest BCUT2D eigenvalue weighted by Gasteiger charge is 2.36. The van der Waals surface area contributed by atoms with Crippen LogP contribution in [-0.2, 0) is 9.59 Å². The van der Waals surface area contributed by atoms with Gasteiger partial charge >= 0.3 is 11.9 Å². The van der Waals surface area contributed by atoms with Crippen LogP contribution in [0.3, 0.4) is 0 Å². The first-order chi connectivity index (χ1) is 9.85. The average Bonchev–Trinajstić information content (AvgIpc) is 2.46. The molecule has 5 nitrogen and oxygen atoms in total. The summed E-state index contributed by atoms with van der Waals surface area (Å²) in [6, 6.07) is 8.63. The van der Waals surface area contributed by atoms with Gasteiger partial charge in [0.05, 0.1) is 17.0 Å². The Balaban J connectivity index is 2.58. The summed E-state index contributed by atoms with van der Waals surface area (Å²) in [7, 11) is 0. The van der Waals surface area contributed by atoms with Crippen molar-refractivity contribution in [2.24, 2.45) is 5.41 Å². The molecule has 1 aliphatic carbocycles. The van der Waals surface area contributed by atoms with Crippen LogP contribution in [0.25, 0.3) is 5.57 Å². The molecule has 106 valence electrons. The van der Waals surface area contributed by atoms with Crippen LogP contribution in [0.15, 0.2) is 42.0 Å². The van der Waals surface area contributed by atoms with Gasteiger partial charge in [-0.25, -0.2) is 4.79 Å². The first-order valence-corrected chi connectivity index (χ1v) is 6.26. The number of carbonyl (C=O) groups is 2. The Hall–Kier alpha value is -2.87. The smallest absolute Gasteiger partial charge is 0.331 e. The van der Waals surface area contributed by atoms with Gasteiger partial charge in [0.1, 0.15) is 0 Å². The van der Waals surface area contributed by atoms with Gasteiger partial charge in [-0.3, -0.25) is 4.79 Å². The third-order valence-electron chi connectivity index (χ3n) is 3.45. The molecule has 0 fully saturated rings. The lowest BCUT2D eigenvalue weighted by Gasteiger charge is -2.26. The lowest BCUT2D eigenvalue weighted by molar-refractivity contribution is -0.145. The molecule has 1 aromatic carbocycles. The predicted octanol–water partition coefficient (Wildman–Crippen LogP) is 2.45. The van der Waals surface area contributed by atoms with Crippen LogP contribution in [0.1, 0.15) is 24.5 Å². The summed E-state index contributed by atoms with van der Waals surface area (Å²) >= 11 is 0. The van der Waals surface area contributed by atoms with Crippen molar-refractivity contribution in [3.8, 4) is 6.07 Å². The molecular weight excluding hydrogens is 270 g/mol. The van der Waals surface area contributed by atoms with Gasteiger partial charge in [-0.1, -0.05) is 18.2 Å². The third kappa shape index (κ3) is 2.84. The fourth-order valence-corrected chi connectivity index (χ4v) is 2.28. The third-order valence-corrected chi connectivity index (χ3v) is 3.45. The van der Waals surface area contributed by atoms with Crippen molar-refractivity contribution in [2.45, 2.75) is 13.3 Å². The molecule has 1 unspecified atom stereocenters. The van der Waals surface area contributed by atoms with Crippen LogP contribution < -0.4 is 0 Å². The largest absolute Gasteiger partial charge is 0.481 e. The number of carboxylic acids is 2. The summed E-state index contributed by atoms with van der Waals surface area (Å²) < 4.78 is 0. The molecule has 5 heteroatoms. The minimum absolute atomic E-state index is 0.0414. The van der Waals surface area contributed by atoms with Crippen LogP contribution in [0.5, 0.6) is 0 Å². The van der Waals surface area contributed by atoms with Gasteiger partial charge in [-0.15, -0.1) is 0 Å². The maximum atomic E-state index is 11.4. The molecular formula is C16H13NO4. The van der Waals surface area contributed by atoms with Gasteiger partial charge in [0.2, 0.25) is 0 Å². The molecule has 2 N–H and O–H groups in total. The van der Waals surface area contributed by atoms with Gasteiger partial charge in [0.25, 0.3) is 0 Å². The molecule has 21 heavy (non-hydrogen) atoms. The molecule has 0 saturated carbocycles. The number of nitriles is 1. The van der Waals surface area contributed by atoms with Crippen LogP contribution in [0, 0.1) is 16.7 Å². The SMILES string of the molecule is CC1(C(=O)O)C=C(c2cccc(C#N)c2)C=C(C(=O)O)C1. The molecule has 0 aliphatic heterocycles. The maximum absolute atomic E-state index is 11.4. The standard InChI is InChI=1S/C16H13NO4/c1-16(15(20)21)7-12(6-13(8-16)14(18)19)11-4-2-3-10(5-11)9-17/h2-7H,8H2,1H3,(H,18,19)(H,20,21). The second-order valence-electron chi connectivity index (χ2n) is 5.17. The Kier molecular flexibility index (Phi) is 3.64. The molecule has 1 atom stereocenters. The van der Waals surface area contributed by atoms with E-state index in [1.807, 2.05) is 6.07 Å². The molecule has 1 aliphatic rings. The second-order valence-corrected chi connectivity index (χ2v) is 5.17. The molecule has 0 amide bonds. The summed E-state index contributed by atoms with van der Waals surface area (Å²) in [5.74, 6) is -2.21. The van der Waals surface area contributed by atoms with Crippen LogP contribution in [-0.4, -0.2) is 22.2 Å². The second kappa shape index (κ2) is 5.25. The van der Waals surface area contributed by atoms with Crippen molar-refractivity contribution in [3.63, 3.8) is 0 Å². The lowest BCUT2D eigenvalue weighted by atomic mass is 9.76. The van der Waals surface area contributed by atoms with Crippen LogP contribution in [0.4, 0.5) is 0 Å². The summed E-state index contributed by atoms with van der Waals surface area (Å²) in [5.41, 5.74) is 0.321. The number of allylic oxidation sites excluding steroid dienone is 2. The zero-order chi connectivity index (χ0) is 15.6. The van der Waals surface area contributed by atoms with Crippen molar-refractivity contribution in [3.05, 3.63) is 53.1 Å². The van der Waals surface area contributed by atoms with E-state index in [2.05, 4.69) is 0 Å². The lowest BCUT2D eigenvalue weighted by Crippen LogP contribution is -2.29. The van der Waals surface area contributed by atoms with Gasteiger partial charge in [-0.2, -0.15) is 5.26 Å². The maximum Gasteiger partial charge on any atom is 0.331 e. The summed E-state index contributed by atoms with van der Waals surface area (Å²) in [5, 5.41) is 27.4. The summed E-state index contributed by atoms with van der Waals surface area (Å²) in [4.78, 5) is 22.7. The van der Waals surface area contributed by atoms with Crippen molar-refractivity contribution >= 4 is 17.5 Å². The Labute approximate surface area is 121 Å². The van der Waals surface area contributed by atoms with E-state index in [-0.39, 0.29) is 12.0 Å². The zero-order valence-electron chi connectivity index (χ0n) is 11.3. The number of nitrogens with zero attached hydrogens (tertiary/aromatic N) is 1. The first kappa shape index (κ1) is 14.5. The Morgan fingerprint density at radius 1 is 1.33 bits per heavy atom. The normalized spacial score (nSPS) is 21.0. The minimum Gasteiger partial charge on any atom is -0.481 e. The van der Waals surface area contributed by atoms with E-state index in [0.29, 0.717) is 16.7 Å². The number of hydrogen-bond donors (Lipinski definition) is 2. The molecule has 0 heterocycles. The van der Waals surface area contributed by atoms with Gasteiger partial charge in [0.15, 0.2) is 0 Å². The summed E-state index contributed by atoms with van der Waals surface area (Å²) in [6.07, 6.45) is 2.93. The van der Waals surface area contributed by atoms with Crippen molar-refractivity contribution in [1.82, 2.24) is 0 Å². The first-order valence-electron chi connectivity index (χ1n) is 6.26.